The third-order valence-electron chi connectivity index (χ3n) is 6.00. The van der Waals surface area contributed by atoms with Crippen molar-refractivity contribution in [3.8, 4) is 0 Å². The first-order chi connectivity index (χ1) is 15.6. The number of hydrogen-bond donors (Lipinski definition) is 1. The predicted molar refractivity (Wildman–Crippen MR) is 129 cm³/mol. The van der Waals surface area contributed by atoms with E-state index in [-0.39, 0.29) is 5.91 Å². The first-order valence-electron chi connectivity index (χ1n) is 11.4. The zero-order valence-corrected chi connectivity index (χ0v) is 19.4. The summed E-state index contributed by atoms with van der Waals surface area (Å²) in [5.74, 6) is 0.924. The van der Waals surface area contributed by atoms with Crippen LogP contribution in [-0.2, 0) is 4.79 Å². The first-order valence-corrected chi connectivity index (χ1v) is 12.3. The second-order valence-corrected chi connectivity index (χ2v) is 9.92. The number of anilines is 2. The van der Waals surface area contributed by atoms with E-state index in [9.17, 15) is 4.79 Å². The van der Waals surface area contributed by atoms with Crippen molar-refractivity contribution in [2.75, 3.05) is 23.3 Å². The number of benzene rings is 2. The molecule has 7 heteroatoms. The summed E-state index contributed by atoms with van der Waals surface area (Å²) in [6, 6.07) is 16.5. The minimum absolute atomic E-state index is 0.0423. The molecular weight excluding hydrogens is 418 g/mol. The Labute approximate surface area is 193 Å². The maximum atomic E-state index is 13.5. The molecule has 0 spiro atoms. The van der Waals surface area contributed by atoms with Gasteiger partial charge >= 0.3 is 0 Å². The largest absolute Gasteiger partial charge is 0.341 e. The highest BCUT2D eigenvalue weighted by atomic mass is 32.2. The summed E-state index contributed by atoms with van der Waals surface area (Å²) in [5.41, 5.74) is 4.06. The van der Waals surface area contributed by atoms with Crippen molar-refractivity contribution >= 4 is 29.3 Å². The van der Waals surface area contributed by atoms with E-state index in [0.29, 0.717) is 6.04 Å². The molecule has 1 amide bonds. The fraction of sp³-hybridized carbons (Fsp3) is 0.400. The van der Waals surface area contributed by atoms with E-state index < -0.39 is 5.25 Å². The first kappa shape index (κ1) is 21.1. The lowest BCUT2D eigenvalue weighted by Crippen LogP contribution is -2.22. The van der Waals surface area contributed by atoms with E-state index in [1.54, 1.807) is 0 Å². The molecule has 6 nitrogen and oxygen atoms in total. The van der Waals surface area contributed by atoms with E-state index in [0.717, 1.165) is 59.4 Å². The minimum Gasteiger partial charge on any atom is -0.341 e. The Morgan fingerprint density at radius 2 is 1.72 bits per heavy atom. The van der Waals surface area contributed by atoms with E-state index in [1.165, 1.54) is 24.6 Å². The molecule has 2 aromatic carbocycles. The monoisotopic (exact) mass is 447 g/mol. The van der Waals surface area contributed by atoms with E-state index in [1.807, 2.05) is 56.3 Å². The Bertz CT molecular complexity index is 1080. The molecule has 1 unspecified atom stereocenters. The molecule has 0 bridgehead atoms. The summed E-state index contributed by atoms with van der Waals surface area (Å²) in [7, 11) is 0. The SMILES string of the molecule is Cc1cc(C)cc(NC(=O)C(Sc2nnc(N3CCCC3)n2C2CC2)c2ccccc2)c1. The van der Waals surface area contributed by atoms with Crippen LogP contribution in [-0.4, -0.2) is 33.8 Å². The number of aromatic nitrogens is 3. The van der Waals surface area contributed by atoms with Gasteiger partial charge in [-0.25, -0.2) is 0 Å². The third kappa shape index (κ3) is 4.53. The zero-order valence-electron chi connectivity index (χ0n) is 18.6. The molecule has 1 atom stereocenters. The van der Waals surface area contributed by atoms with Gasteiger partial charge in [0, 0.05) is 24.8 Å². The lowest BCUT2D eigenvalue weighted by atomic mass is 10.1. The van der Waals surface area contributed by atoms with Gasteiger partial charge in [0.2, 0.25) is 11.9 Å². The standard InChI is InChI=1S/C25H29N5OS/c1-17-14-18(2)16-20(15-17)26-23(31)22(19-8-4-3-5-9-19)32-25-28-27-24(29-12-6-7-13-29)30(25)21-10-11-21/h3-5,8-9,14-16,21-22H,6-7,10-13H2,1-2H3,(H,26,31). The van der Waals surface area contributed by atoms with Gasteiger partial charge in [-0.15, -0.1) is 10.2 Å². The second-order valence-electron chi connectivity index (χ2n) is 8.85. The molecule has 1 N–H and O–H groups in total. The number of aryl methyl sites for hydroxylation is 2. The molecule has 3 aromatic rings. The molecule has 2 fully saturated rings. The van der Waals surface area contributed by atoms with E-state index in [4.69, 9.17) is 0 Å². The molecule has 1 aliphatic heterocycles. The van der Waals surface area contributed by atoms with Crippen LogP contribution >= 0.6 is 11.8 Å². The molecule has 2 aliphatic rings. The van der Waals surface area contributed by atoms with Gasteiger partial charge in [-0.2, -0.15) is 0 Å². The Hall–Kier alpha value is -2.80. The van der Waals surface area contributed by atoms with Gasteiger partial charge in [-0.3, -0.25) is 9.36 Å². The maximum Gasteiger partial charge on any atom is 0.242 e. The Balaban J connectivity index is 1.45. The number of nitrogens with zero attached hydrogens (tertiary/aromatic N) is 4. The Morgan fingerprint density at radius 3 is 2.38 bits per heavy atom. The summed E-state index contributed by atoms with van der Waals surface area (Å²) in [6.45, 7) is 6.16. The average Bonchev–Trinajstić information content (AvgIpc) is 3.29. The summed E-state index contributed by atoms with van der Waals surface area (Å²) in [4.78, 5) is 15.8. The van der Waals surface area contributed by atoms with Crippen LogP contribution in [0.2, 0.25) is 0 Å². The fourth-order valence-electron chi connectivity index (χ4n) is 4.40. The van der Waals surface area contributed by atoms with Crippen LogP contribution in [0.25, 0.3) is 0 Å². The maximum absolute atomic E-state index is 13.5. The quantitative estimate of drug-likeness (QED) is 0.498. The molecule has 1 aromatic heterocycles. The smallest absolute Gasteiger partial charge is 0.242 e. The van der Waals surface area contributed by atoms with Crippen LogP contribution in [0.4, 0.5) is 11.6 Å². The Morgan fingerprint density at radius 1 is 1.03 bits per heavy atom. The fourth-order valence-corrected chi connectivity index (χ4v) is 5.50. The number of amides is 1. The van der Waals surface area contributed by atoms with E-state index >= 15 is 0 Å². The van der Waals surface area contributed by atoms with E-state index in [2.05, 4.69) is 31.0 Å². The zero-order chi connectivity index (χ0) is 22.1. The number of carbonyl (C=O) groups excluding carboxylic acids is 1. The van der Waals surface area contributed by atoms with Crippen LogP contribution in [0.1, 0.15) is 53.7 Å². The second kappa shape index (κ2) is 8.98. The van der Waals surface area contributed by atoms with Gasteiger partial charge in [0.1, 0.15) is 5.25 Å². The van der Waals surface area contributed by atoms with Crippen LogP contribution < -0.4 is 10.2 Å². The molecule has 166 valence electrons. The molecule has 2 heterocycles. The highest BCUT2D eigenvalue weighted by Gasteiger charge is 2.34. The lowest BCUT2D eigenvalue weighted by molar-refractivity contribution is -0.115. The van der Waals surface area contributed by atoms with Crippen molar-refractivity contribution in [1.82, 2.24) is 14.8 Å². The molecule has 1 saturated carbocycles. The molecular formula is C25H29N5OS. The molecule has 0 radical (unpaired) electrons. The summed E-state index contributed by atoms with van der Waals surface area (Å²) in [6.07, 6.45) is 4.70. The molecule has 1 aliphatic carbocycles. The van der Waals surface area contributed by atoms with Crippen molar-refractivity contribution in [3.05, 3.63) is 65.2 Å². The summed E-state index contributed by atoms with van der Waals surface area (Å²) >= 11 is 1.50. The van der Waals surface area contributed by atoms with Gasteiger partial charge < -0.3 is 10.2 Å². The highest BCUT2D eigenvalue weighted by Crippen LogP contribution is 2.44. The van der Waals surface area contributed by atoms with Crippen LogP contribution in [0, 0.1) is 13.8 Å². The average molecular weight is 448 g/mol. The van der Waals surface area contributed by atoms with Gasteiger partial charge in [0.15, 0.2) is 5.16 Å². The van der Waals surface area contributed by atoms with Crippen LogP contribution in [0.3, 0.4) is 0 Å². The minimum atomic E-state index is -0.412. The third-order valence-corrected chi connectivity index (χ3v) is 7.21. The number of carbonyl (C=O) groups is 1. The number of rotatable bonds is 7. The van der Waals surface area contributed by atoms with Crippen molar-refractivity contribution in [2.45, 2.75) is 56.0 Å². The van der Waals surface area contributed by atoms with Crippen LogP contribution in [0.5, 0.6) is 0 Å². The number of hydrogen-bond acceptors (Lipinski definition) is 5. The van der Waals surface area contributed by atoms with Gasteiger partial charge in [-0.05, 0) is 68.4 Å². The topological polar surface area (TPSA) is 63.1 Å². The van der Waals surface area contributed by atoms with Crippen molar-refractivity contribution < 1.29 is 4.79 Å². The van der Waals surface area contributed by atoms with Crippen molar-refractivity contribution in [1.29, 1.82) is 0 Å². The van der Waals surface area contributed by atoms with Crippen LogP contribution in [0.15, 0.2) is 53.7 Å². The molecule has 32 heavy (non-hydrogen) atoms. The normalized spacial score (nSPS) is 16.9. The number of nitrogens with one attached hydrogen (secondary N) is 1. The summed E-state index contributed by atoms with van der Waals surface area (Å²) < 4.78 is 2.27. The lowest BCUT2D eigenvalue weighted by Gasteiger charge is -2.20. The predicted octanol–water partition coefficient (Wildman–Crippen LogP) is 5.30. The van der Waals surface area contributed by atoms with Crippen molar-refractivity contribution in [3.63, 3.8) is 0 Å². The van der Waals surface area contributed by atoms with Gasteiger partial charge in [0.05, 0.1) is 0 Å². The number of thioether (sulfide) groups is 1. The molecule has 1 saturated heterocycles. The summed E-state index contributed by atoms with van der Waals surface area (Å²) in [5, 5.41) is 12.7. The van der Waals surface area contributed by atoms with Crippen molar-refractivity contribution in [2.24, 2.45) is 0 Å². The molecule has 5 rings (SSSR count). The Kier molecular flexibility index (Phi) is 5.91. The van der Waals surface area contributed by atoms with Gasteiger partial charge in [-0.1, -0.05) is 48.2 Å². The van der Waals surface area contributed by atoms with Gasteiger partial charge in [0.25, 0.3) is 0 Å². The highest BCUT2D eigenvalue weighted by molar-refractivity contribution is 8.00.